The molecule has 0 spiro atoms. The third-order valence-electron chi connectivity index (χ3n) is 3.73. The van der Waals surface area contributed by atoms with Gasteiger partial charge in [0.1, 0.15) is 5.76 Å². The molecule has 0 fully saturated rings. The van der Waals surface area contributed by atoms with E-state index >= 15 is 0 Å². The number of thiazole rings is 1. The topological polar surface area (TPSA) is 93.7 Å². The second kappa shape index (κ2) is 7.93. The lowest BCUT2D eigenvalue weighted by Gasteiger charge is -2.02. The molecule has 3 rings (SSSR count). The van der Waals surface area contributed by atoms with E-state index in [0.717, 1.165) is 5.56 Å². The second-order valence-electron chi connectivity index (χ2n) is 5.82. The average Bonchev–Trinajstić information content (AvgIpc) is 3.26. The highest BCUT2D eigenvalue weighted by Gasteiger charge is 2.14. The van der Waals surface area contributed by atoms with Gasteiger partial charge in [-0.05, 0) is 38.1 Å². The zero-order chi connectivity index (χ0) is 19.4. The summed E-state index contributed by atoms with van der Waals surface area (Å²) in [7, 11) is -3.81. The summed E-state index contributed by atoms with van der Waals surface area (Å²) in [5.41, 5.74) is 0.973. The summed E-state index contributed by atoms with van der Waals surface area (Å²) in [5, 5.41) is 4.41. The van der Waals surface area contributed by atoms with Crippen molar-refractivity contribution in [1.82, 2.24) is 9.88 Å². The zero-order valence-electron chi connectivity index (χ0n) is 14.9. The maximum Gasteiger partial charge on any atom is 0.286 e. The van der Waals surface area contributed by atoms with Crippen LogP contribution in [0.1, 0.15) is 28.8 Å². The fourth-order valence-corrected chi connectivity index (χ4v) is 4.31. The van der Waals surface area contributed by atoms with Gasteiger partial charge in [0, 0.05) is 18.1 Å². The summed E-state index contributed by atoms with van der Waals surface area (Å²) in [6.07, 6.45) is 1.72. The first-order valence-corrected chi connectivity index (χ1v) is 10.6. The van der Waals surface area contributed by atoms with E-state index in [-0.39, 0.29) is 23.1 Å². The minimum Gasteiger partial charge on any atom is -0.454 e. The quantitative estimate of drug-likeness (QED) is 0.682. The predicted molar refractivity (Wildman–Crippen MR) is 102 cm³/mol. The number of furan rings is 1. The molecule has 0 aliphatic heterocycles. The van der Waals surface area contributed by atoms with Crippen LogP contribution in [-0.4, -0.2) is 25.4 Å². The largest absolute Gasteiger partial charge is 0.454 e. The van der Waals surface area contributed by atoms with Crippen LogP contribution in [0.25, 0.3) is 0 Å². The molecule has 1 amide bonds. The molecular weight excluding hydrogens is 386 g/mol. The lowest BCUT2D eigenvalue weighted by Crippen LogP contribution is -2.22. The van der Waals surface area contributed by atoms with Crippen molar-refractivity contribution in [2.45, 2.75) is 25.3 Å². The molecule has 142 valence electrons. The molecular formula is C18H19N3O4S2. The SMILES string of the molecule is CCNC(=O)c1ccc(Cn2ccs/c2=N\S(=O)(=O)c2ccc(C)cc2)o1. The molecule has 0 aliphatic rings. The smallest absolute Gasteiger partial charge is 0.286 e. The standard InChI is InChI=1S/C18H19N3O4S2/c1-3-19-17(22)16-9-6-14(25-16)12-21-10-11-26-18(21)20-27(23,24)15-7-4-13(2)5-8-15/h4-11H,3,12H2,1-2H3,(H,19,22)/b20-18-. The van der Waals surface area contributed by atoms with E-state index in [1.165, 1.54) is 23.5 Å². The Kier molecular flexibility index (Phi) is 5.62. The van der Waals surface area contributed by atoms with Gasteiger partial charge >= 0.3 is 0 Å². The van der Waals surface area contributed by atoms with Crippen LogP contribution in [0.15, 0.2) is 61.7 Å². The van der Waals surface area contributed by atoms with Crippen molar-refractivity contribution in [3.63, 3.8) is 0 Å². The third-order valence-corrected chi connectivity index (χ3v) is 5.92. The van der Waals surface area contributed by atoms with Crippen molar-refractivity contribution >= 4 is 27.3 Å². The van der Waals surface area contributed by atoms with E-state index < -0.39 is 10.0 Å². The van der Waals surface area contributed by atoms with Crippen molar-refractivity contribution in [3.8, 4) is 0 Å². The van der Waals surface area contributed by atoms with E-state index in [4.69, 9.17) is 4.42 Å². The van der Waals surface area contributed by atoms with Gasteiger partial charge in [-0.3, -0.25) is 4.79 Å². The molecule has 0 saturated heterocycles. The maximum atomic E-state index is 12.5. The van der Waals surface area contributed by atoms with Crippen molar-refractivity contribution in [1.29, 1.82) is 0 Å². The molecule has 0 saturated carbocycles. The number of carbonyl (C=O) groups excluding carboxylic acids is 1. The minimum absolute atomic E-state index is 0.143. The molecule has 2 aromatic heterocycles. The number of aromatic nitrogens is 1. The van der Waals surface area contributed by atoms with Crippen LogP contribution in [0.3, 0.4) is 0 Å². The van der Waals surface area contributed by atoms with Gasteiger partial charge in [-0.2, -0.15) is 8.42 Å². The molecule has 0 aliphatic carbocycles. The number of aryl methyl sites for hydroxylation is 1. The van der Waals surface area contributed by atoms with Gasteiger partial charge in [0.25, 0.3) is 15.9 Å². The molecule has 9 heteroatoms. The fraction of sp³-hybridized carbons (Fsp3) is 0.222. The van der Waals surface area contributed by atoms with Crippen LogP contribution in [0.5, 0.6) is 0 Å². The summed E-state index contributed by atoms with van der Waals surface area (Å²) in [6, 6.07) is 9.82. The highest BCUT2D eigenvalue weighted by Crippen LogP contribution is 2.13. The number of rotatable bonds is 6. The highest BCUT2D eigenvalue weighted by atomic mass is 32.2. The zero-order valence-corrected chi connectivity index (χ0v) is 16.5. The number of hydrogen-bond acceptors (Lipinski definition) is 5. The van der Waals surface area contributed by atoms with Gasteiger partial charge in [0.2, 0.25) is 4.80 Å². The second-order valence-corrected chi connectivity index (χ2v) is 8.30. The molecule has 0 bridgehead atoms. The Morgan fingerprint density at radius 1 is 1.22 bits per heavy atom. The van der Waals surface area contributed by atoms with Gasteiger partial charge in [-0.25, -0.2) is 0 Å². The molecule has 0 radical (unpaired) electrons. The van der Waals surface area contributed by atoms with Gasteiger partial charge in [0.15, 0.2) is 5.76 Å². The van der Waals surface area contributed by atoms with Crippen LogP contribution >= 0.6 is 11.3 Å². The van der Waals surface area contributed by atoms with Crippen LogP contribution in [-0.2, 0) is 16.6 Å². The molecule has 1 aromatic carbocycles. The Morgan fingerprint density at radius 3 is 2.67 bits per heavy atom. The van der Waals surface area contributed by atoms with Crippen molar-refractivity contribution < 1.29 is 17.6 Å². The van der Waals surface area contributed by atoms with E-state index in [1.54, 1.807) is 40.4 Å². The summed E-state index contributed by atoms with van der Waals surface area (Å²) in [6.45, 7) is 4.49. The Balaban J connectivity index is 1.87. The molecule has 2 heterocycles. The average molecular weight is 406 g/mol. The lowest BCUT2D eigenvalue weighted by molar-refractivity contribution is 0.0926. The van der Waals surface area contributed by atoms with Gasteiger partial charge in [0.05, 0.1) is 11.4 Å². The van der Waals surface area contributed by atoms with E-state index in [0.29, 0.717) is 17.1 Å². The predicted octanol–water partition coefficient (Wildman–Crippen LogP) is 2.54. The van der Waals surface area contributed by atoms with E-state index in [2.05, 4.69) is 9.71 Å². The first-order chi connectivity index (χ1) is 12.9. The number of benzene rings is 1. The third kappa shape index (κ3) is 4.55. The molecule has 27 heavy (non-hydrogen) atoms. The Hall–Kier alpha value is -2.65. The summed E-state index contributed by atoms with van der Waals surface area (Å²) in [5.74, 6) is 0.461. The number of carbonyl (C=O) groups is 1. The summed E-state index contributed by atoms with van der Waals surface area (Å²) in [4.78, 5) is 12.3. The van der Waals surface area contributed by atoms with Gasteiger partial charge in [-0.15, -0.1) is 15.7 Å². The van der Waals surface area contributed by atoms with Crippen LogP contribution < -0.4 is 10.1 Å². The van der Waals surface area contributed by atoms with E-state index in [1.807, 2.05) is 13.8 Å². The van der Waals surface area contributed by atoms with Crippen LogP contribution in [0.2, 0.25) is 0 Å². The Labute approximate surface area is 161 Å². The van der Waals surface area contributed by atoms with Crippen molar-refractivity contribution in [2.24, 2.45) is 4.40 Å². The first kappa shape index (κ1) is 19.1. The normalized spacial score (nSPS) is 12.3. The number of sulfonamides is 1. The fourth-order valence-electron chi connectivity index (χ4n) is 2.36. The minimum atomic E-state index is -3.81. The van der Waals surface area contributed by atoms with Crippen molar-refractivity contribution in [2.75, 3.05) is 6.54 Å². The maximum absolute atomic E-state index is 12.5. The number of nitrogens with zero attached hydrogens (tertiary/aromatic N) is 2. The molecule has 0 unspecified atom stereocenters. The monoisotopic (exact) mass is 405 g/mol. The van der Waals surface area contributed by atoms with E-state index in [9.17, 15) is 13.2 Å². The number of hydrogen-bond donors (Lipinski definition) is 1. The molecule has 3 aromatic rings. The van der Waals surface area contributed by atoms with Crippen molar-refractivity contribution in [3.05, 3.63) is 69.9 Å². The van der Waals surface area contributed by atoms with Gasteiger partial charge in [-0.1, -0.05) is 17.7 Å². The molecule has 1 N–H and O–H groups in total. The van der Waals surface area contributed by atoms with Gasteiger partial charge < -0.3 is 14.3 Å². The summed E-state index contributed by atoms with van der Waals surface area (Å²) < 4.78 is 36.2. The number of nitrogens with one attached hydrogen (secondary N) is 1. The number of amides is 1. The Morgan fingerprint density at radius 2 is 1.96 bits per heavy atom. The summed E-state index contributed by atoms with van der Waals surface area (Å²) >= 11 is 1.21. The molecule has 0 atom stereocenters. The lowest BCUT2D eigenvalue weighted by atomic mass is 10.2. The Bertz CT molecular complexity index is 1110. The van der Waals surface area contributed by atoms with Crippen LogP contribution in [0.4, 0.5) is 0 Å². The molecule has 7 nitrogen and oxygen atoms in total. The highest BCUT2D eigenvalue weighted by molar-refractivity contribution is 7.90. The first-order valence-electron chi connectivity index (χ1n) is 8.27. The van der Waals surface area contributed by atoms with Crippen LogP contribution in [0, 0.1) is 6.92 Å².